The molecule has 1 aromatic carbocycles. The minimum atomic E-state index is -0.463. The number of cyclic esters (lactones) is 1. The van der Waals surface area contributed by atoms with Crippen LogP contribution in [0.25, 0.3) is 0 Å². The van der Waals surface area contributed by atoms with Gasteiger partial charge in [0, 0.05) is 13.1 Å². The minimum Gasteiger partial charge on any atom is -0.444 e. The molecule has 1 aromatic rings. The van der Waals surface area contributed by atoms with Crippen LogP contribution < -0.4 is 9.80 Å². The van der Waals surface area contributed by atoms with E-state index in [9.17, 15) is 9.18 Å². The predicted molar refractivity (Wildman–Crippen MR) is 88.1 cm³/mol. The molecule has 0 aromatic heterocycles. The predicted octanol–water partition coefficient (Wildman–Crippen LogP) is 3.32. The standard InChI is InChI=1S/C16H20FN2O2S/c1-12-11-19(16(20)21-12)13-4-5-15(14(17)10-13)18-6-2-8-22-9-3-7-18/h4-5,10,12H,1-3,6-9,11H2/t12-/m1/s1. The quantitative estimate of drug-likeness (QED) is 0.836. The van der Waals surface area contributed by atoms with Crippen LogP contribution in [0.2, 0.25) is 0 Å². The van der Waals surface area contributed by atoms with Crippen molar-refractivity contribution >= 4 is 29.2 Å². The Bertz CT molecular complexity index is 547. The summed E-state index contributed by atoms with van der Waals surface area (Å²) in [5, 5.41) is 0. The zero-order chi connectivity index (χ0) is 15.5. The van der Waals surface area contributed by atoms with Crippen LogP contribution in [-0.2, 0) is 4.74 Å². The maximum absolute atomic E-state index is 14.5. The number of hydrogen-bond donors (Lipinski definition) is 0. The molecule has 1 atom stereocenters. The van der Waals surface area contributed by atoms with Crippen molar-refractivity contribution in [2.75, 3.05) is 40.9 Å². The molecule has 119 valence electrons. The van der Waals surface area contributed by atoms with Gasteiger partial charge in [-0.2, -0.15) is 11.8 Å². The Balaban J connectivity index is 1.78. The first-order chi connectivity index (χ1) is 10.6. The molecule has 0 N–H and O–H groups in total. The number of carbonyl (C=O) groups is 1. The second-order valence-electron chi connectivity index (χ2n) is 5.56. The van der Waals surface area contributed by atoms with Crippen molar-refractivity contribution in [1.29, 1.82) is 0 Å². The molecule has 0 spiro atoms. The van der Waals surface area contributed by atoms with E-state index in [0.29, 0.717) is 17.9 Å². The lowest BCUT2D eigenvalue weighted by atomic mass is 10.2. The molecule has 0 bridgehead atoms. The number of nitrogens with zero attached hydrogens (tertiary/aromatic N) is 2. The SMILES string of the molecule is [CH2][C@@H]1CN(c2ccc(N3CCCSCCC3)c(F)c2)C(=O)O1. The van der Waals surface area contributed by atoms with E-state index in [2.05, 4.69) is 11.8 Å². The highest BCUT2D eigenvalue weighted by molar-refractivity contribution is 7.99. The molecule has 1 amide bonds. The van der Waals surface area contributed by atoms with E-state index in [4.69, 9.17) is 4.74 Å². The number of anilines is 2. The van der Waals surface area contributed by atoms with Crippen molar-refractivity contribution in [3.8, 4) is 0 Å². The summed E-state index contributed by atoms with van der Waals surface area (Å²) in [6.07, 6.45) is 1.26. The molecule has 0 aliphatic carbocycles. The summed E-state index contributed by atoms with van der Waals surface area (Å²) in [4.78, 5) is 15.2. The second-order valence-corrected chi connectivity index (χ2v) is 6.78. The lowest BCUT2D eigenvalue weighted by Crippen LogP contribution is -2.29. The molecular weight excluding hydrogens is 303 g/mol. The highest BCUT2D eigenvalue weighted by Gasteiger charge is 2.30. The first kappa shape index (κ1) is 15.5. The van der Waals surface area contributed by atoms with E-state index in [1.54, 1.807) is 12.1 Å². The van der Waals surface area contributed by atoms with Crippen molar-refractivity contribution < 1.29 is 13.9 Å². The third kappa shape index (κ3) is 3.32. The average molecular weight is 323 g/mol. The molecule has 2 fully saturated rings. The smallest absolute Gasteiger partial charge is 0.414 e. The van der Waals surface area contributed by atoms with Gasteiger partial charge < -0.3 is 9.64 Å². The monoisotopic (exact) mass is 323 g/mol. The first-order valence-corrected chi connectivity index (χ1v) is 8.74. The number of ether oxygens (including phenoxy) is 1. The number of amides is 1. The van der Waals surface area contributed by atoms with E-state index in [-0.39, 0.29) is 5.82 Å². The molecule has 2 aliphatic heterocycles. The van der Waals surface area contributed by atoms with Gasteiger partial charge in [-0.05, 0) is 49.5 Å². The molecule has 2 aliphatic rings. The fourth-order valence-electron chi connectivity index (χ4n) is 2.82. The maximum atomic E-state index is 14.5. The fourth-order valence-corrected chi connectivity index (χ4v) is 3.69. The Morgan fingerprint density at radius 1 is 1.27 bits per heavy atom. The fraction of sp³-hybridized carbons (Fsp3) is 0.500. The van der Waals surface area contributed by atoms with Crippen molar-refractivity contribution in [3.63, 3.8) is 0 Å². The van der Waals surface area contributed by atoms with Gasteiger partial charge in [-0.1, -0.05) is 0 Å². The van der Waals surface area contributed by atoms with Crippen molar-refractivity contribution in [1.82, 2.24) is 0 Å². The highest BCUT2D eigenvalue weighted by Crippen LogP contribution is 2.28. The molecule has 3 rings (SSSR count). The number of hydrogen-bond acceptors (Lipinski definition) is 4. The van der Waals surface area contributed by atoms with Crippen LogP contribution in [0, 0.1) is 12.7 Å². The summed E-state index contributed by atoms with van der Waals surface area (Å²) in [5.41, 5.74) is 1.15. The molecule has 0 unspecified atom stereocenters. The Kier molecular flexibility index (Phi) is 4.76. The lowest BCUT2D eigenvalue weighted by molar-refractivity contribution is 0.159. The average Bonchev–Trinajstić information content (AvgIpc) is 2.78. The van der Waals surface area contributed by atoms with E-state index in [1.165, 1.54) is 11.0 Å². The number of benzene rings is 1. The summed E-state index contributed by atoms with van der Waals surface area (Å²) < 4.78 is 19.5. The van der Waals surface area contributed by atoms with Gasteiger partial charge in [0.1, 0.15) is 11.9 Å². The van der Waals surface area contributed by atoms with Crippen LogP contribution in [0.5, 0.6) is 0 Å². The van der Waals surface area contributed by atoms with Crippen molar-refractivity contribution in [2.24, 2.45) is 0 Å². The number of thioether (sulfide) groups is 1. The Morgan fingerprint density at radius 3 is 2.59 bits per heavy atom. The molecule has 22 heavy (non-hydrogen) atoms. The third-order valence-electron chi connectivity index (χ3n) is 3.89. The second kappa shape index (κ2) is 6.77. The van der Waals surface area contributed by atoms with Crippen LogP contribution in [0.3, 0.4) is 0 Å². The number of halogens is 1. The summed E-state index contributed by atoms with van der Waals surface area (Å²) in [6, 6.07) is 4.97. The lowest BCUT2D eigenvalue weighted by Gasteiger charge is -2.27. The summed E-state index contributed by atoms with van der Waals surface area (Å²) in [6.45, 7) is 5.81. The topological polar surface area (TPSA) is 32.8 Å². The van der Waals surface area contributed by atoms with E-state index in [0.717, 1.165) is 37.4 Å². The van der Waals surface area contributed by atoms with Gasteiger partial charge in [-0.15, -0.1) is 0 Å². The van der Waals surface area contributed by atoms with Crippen molar-refractivity contribution in [3.05, 3.63) is 30.9 Å². The Morgan fingerprint density at radius 2 is 2.00 bits per heavy atom. The summed E-state index contributed by atoms with van der Waals surface area (Å²) >= 11 is 1.97. The molecule has 0 saturated carbocycles. The van der Waals surface area contributed by atoms with Gasteiger partial charge in [0.25, 0.3) is 0 Å². The number of rotatable bonds is 2. The maximum Gasteiger partial charge on any atom is 0.414 e. The van der Waals surface area contributed by atoms with E-state index < -0.39 is 12.2 Å². The van der Waals surface area contributed by atoms with Crippen LogP contribution in [0.15, 0.2) is 18.2 Å². The highest BCUT2D eigenvalue weighted by atomic mass is 32.2. The van der Waals surface area contributed by atoms with Crippen LogP contribution in [0.4, 0.5) is 20.6 Å². The largest absolute Gasteiger partial charge is 0.444 e. The van der Waals surface area contributed by atoms with Gasteiger partial charge >= 0.3 is 6.09 Å². The Labute approximate surface area is 134 Å². The van der Waals surface area contributed by atoms with Crippen LogP contribution in [-0.4, -0.2) is 43.3 Å². The van der Waals surface area contributed by atoms with Gasteiger partial charge in [-0.3, -0.25) is 4.90 Å². The normalized spacial score (nSPS) is 23.2. The van der Waals surface area contributed by atoms with Crippen molar-refractivity contribution in [2.45, 2.75) is 18.9 Å². The number of carbonyl (C=O) groups excluding carboxylic acids is 1. The van der Waals surface area contributed by atoms with Gasteiger partial charge in [0.2, 0.25) is 0 Å². The van der Waals surface area contributed by atoms with E-state index >= 15 is 0 Å². The molecule has 2 heterocycles. The van der Waals surface area contributed by atoms with Gasteiger partial charge in [-0.25, -0.2) is 9.18 Å². The molecular formula is C16H20FN2O2S. The zero-order valence-corrected chi connectivity index (χ0v) is 13.3. The summed E-state index contributed by atoms with van der Waals surface area (Å²) in [7, 11) is 0. The molecule has 1 radical (unpaired) electrons. The molecule has 2 saturated heterocycles. The third-order valence-corrected chi connectivity index (χ3v) is 5.05. The Hall–Kier alpha value is -1.43. The minimum absolute atomic E-state index is 0.286. The van der Waals surface area contributed by atoms with E-state index in [1.807, 2.05) is 11.8 Å². The van der Waals surface area contributed by atoms with Crippen LogP contribution in [0.1, 0.15) is 12.8 Å². The van der Waals surface area contributed by atoms with Crippen LogP contribution >= 0.6 is 11.8 Å². The molecule has 4 nitrogen and oxygen atoms in total. The first-order valence-electron chi connectivity index (χ1n) is 7.58. The van der Waals surface area contributed by atoms with Gasteiger partial charge in [0.15, 0.2) is 0 Å². The molecule has 6 heteroatoms. The summed E-state index contributed by atoms with van der Waals surface area (Å²) in [5.74, 6) is 1.97. The van der Waals surface area contributed by atoms with Gasteiger partial charge in [0.05, 0.1) is 17.9 Å². The zero-order valence-electron chi connectivity index (χ0n) is 12.5.